The van der Waals surface area contributed by atoms with E-state index in [1.54, 1.807) is 18.2 Å². The highest BCUT2D eigenvalue weighted by molar-refractivity contribution is 6.35. The minimum absolute atomic E-state index is 0.0641. The first-order chi connectivity index (χ1) is 12.9. The maximum Gasteiger partial charge on any atom is 0.282 e. The second-order valence-corrected chi connectivity index (χ2v) is 8.35. The number of quaternary nitrogens is 2. The Morgan fingerprint density at radius 3 is 2.48 bits per heavy atom. The molecule has 148 valence electrons. The summed E-state index contributed by atoms with van der Waals surface area (Å²) < 4.78 is 0. The Balaban J connectivity index is 1.47. The molecule has 0 unspecified atom stereocenters. The van der Waals surface area contributed by atoms with E-state index in [0.717, 1.165) is 52.1 Å². The van der Waals surface area contributed by atoms with Crippen molar-refractivity contribution in [3.05, 3.63) is 28.2 Å². The number of halogens is 2. The summed E-state index contributed by atoms with van der Waals surface area (Å²) in [7, 11) is 0. The zero-order chi connectivity index (χ0) is 19.4. The van der Waals surface area contributed by atoms with Gasteiger partial charge in [0.2, 0.25) is 0 Å². The second-order valence-electron chi connectivity index (χ2n) is 7.51. The Kier molecular flexibility index (Phi) is 6.98. The molecule has 2 amide bonds. The molecule has 3 N–H and O–H groups in total. The quantitative estimate of drug-likeness (QED) is 0.620. The second kappa shape index (κ2) is 9.24. The van der Waals surface area contributed by atoms with Gasteiger partial charge in [-0.3, -0.25) is 9.59 Å². The third-order valence-corrected chi connectivity index (χ3v) is 6.22. The van der Waals surface area contributed by atoms with Crippen LogP contribution in [0.25, 0.3) is 0 Å². The average Bonchev–Trinajstić information content (AvgIpc) is 3.19. The third kappa shape index (κ3) is 5.35. The van der Waals surface area contributed by atoms with Crippen molar-refractivity contribution in [1.82, 2.24) is 4.90 Å². The Morgan fingerprint density at radius 1 is 1.15 bits per heavy atom. The number of anilines is 1. The Hall–Kier alpha value is -1.34. The van der Waals surface area contributed by atoms with Crippen LogP contribution in [0, 0.1) is 0 Å². The van der Waals surface area contributed by atoms with Crippen molar-refractivity contribution in [2.45, 2.75) is 25.8 Å². The van der Waals surface area contributed by atoms with Gasteiger partial charge < -0.3 is 20.0 Å². The molecule has 0 saturated carbocycles. The maximum absolute atomic E-state index is 12.6. The number of benzene rings is 1. The molecular weight excluding hydrogens is 387 g/mol. The minimum Gasteiger partial charge on any atom is -0.338 e. The first-order valence-corrected chi connectivity index (χ1v) is 10.4. The van der Waals surface area contributed by atoms with Crippen LogP contribution in [-0.2, 0) is 9.59 Å². The fraction of sp³-hybridized carbons (Fsp3) is 0.579. The van der Waals surface area contributed by atoms with Gasteiger partial charge in [-0.15, -0.1) is 0 Å². The molecule has 0 radical (unpaired) electrons. The first kappa shape index (κ1) is 20.4. The number of nitrogens with zero attached hydrogens (tertiary/aromatic N) is 1. The molecule has 1 atom stereocenters. The number of carbonyl (C=O) groups is 2. The Morgan fingerprint density at radius 2 is 1.81 bits per heavy atom. The highest BCUT2D eigenvalue weighted by atomic mass is 35.5. The summed E-state index contributed by atoms with van der Waals surface area (Å²) in [4.78, 5) is 29.5. The summed E-state index contributed by atoms with van der Waals surface area (Å²) in [6, 6.07) is 4.85. The number of nitrogens with one attached hydrogen (secondary N) is 3. The average molecular weight is 415 g/mol. The minimum atomic E-state index is -0.184. The van der Waals surface area contributed by atoms with E-state index in [1.807, 2.05) is 11.8 Å². The molecule has 0 bridgehead atoms. The van der Waals surface area contributed by atoms with Crippen molar-refractivity contribution >= 4 is 40.7 Å². The SMILES string of the molecule is C[C@@H](C(=O)Nc1cc(Cl)ccc1Cl)[NH+]1CC[NH+](CC(=O)N2CCCC2)CC1. The fourth-order valence-electron chi connectivity index (χ4n) is 3.85. The number of likely N-dealkylation sites (tertiary alicyclic amines) is 1. The molecule has 27 heavy (non-hydrogen) atoms. The number of amides is 2. The van der Waals surface area contributed by atoms with Crippen molar-refractivity contribution in [2.75, 3.05) is 51.1 Å². The van der Waals surface area contributed by atoms with Crippen LogP contribution in [0.3, 0.4) is 0 Å². The van der Waals surface area contributed by atoms with Gasteiger partial charge in [0.05, 0.1) is 10.7 Å². The van der Waals surface area contributed by atoms with E-state index in [4.69, 9.17) is 23.2 Å². The van der Waals surface area contributed by atoms with E-state index < -0.39 is 0 Å². The lowest BCUT2D eigenvalue weighted by Crippen LogP contribution is -3.30. The van der Waals surface area contributed by atoms with E-state index in [0.29, 0.717) is 22.3 Å². The summed E-state index contributed by atoms with van der Waals surface area (Å²) in [6.07, 6.45) is 2.25. The van der Waals surface area contributed by atoms with Gasteiger partial charge in [-0.2, -0.15) is 0 Å². The normalized spacial score (nSPS) is 23.9. The van der Waals surface area contributed by atoms with Crippen LogP contribution >= 0.6 is 23.2 Å². The highest BCUT2D eigenvalue weighted by Crippen LogP contribution is 2.25. The van der Waals surface area contributed by atoms with Crippen LogP contribution in [-0.4, -0.2) is 68.6 Å². The molecule has 6 nitrogen and oxygen atoms in total. The van der Waals surface area contributed by atoms with Crippen molar-refractivity contribution < 1.29 is 19.4 Å². The lowest BCUT2D eigenvalue weighted by Gasteiger charge is -2.33. The van der Waals surface area contributed by atoms with E-state index in [2.05, 4.69) is 5.32 Å². The number of hydrogen-bond acceptors (Lipinski definition) is 2. The van der Waals surface area contributed by atoms with Gasteiger partial charge in [0, 0.05) is 18.1 Å². The molecule has 0 spiro atoms. The fourth-order valence-corrected chi connectivity index (χ4v) is 4.18. The molecule has 2 fully saturated rings. The number of rotatable bonds is 5. The highest BCUT2D eigenvalue weighted by Gasteiger charge is 2.33. The van der Waals surface area contributed by atoms with Gasteiger partial charge >= 0.3 is 0 Å². The van der Waals surface area contributed by atoms with Gasteiger partial charge in [-0.25, -0.2) is 0 Å². The van der Waals surface area contributed by atoms with Gasteiger partial charge in [0.25, 0.3) is 11.8 Å². The maximum atomic E-state index is 12.6. The largest absolute Gasteiger partial charge is 0.338 e. The standard InChI is InChI=1S/C19H26Cl2N4O2/c1-14(19(27)22-17-12-15(20)4-5-16(17)21)24-10-8-23(9-11-24)13-18(26)25-6-2-3-7-25/h4-5,12,14H,2-3,6-11,13H2,1H3,(H,22,27)/p+2/t14-/m0/s1. The van der Waals surface area contributed by atoms with E-state index in [1.165, 1.54) is 9.80 Å². The summed E-state index contributed by atoms with van der Waals surface area (Å²) in [5, 5.41) is 3.90. The molecule has 2 aliphatic heterocycles. The van der Waals surface area contributed by atoms with Crippen molar-refractivity contribution in [3.63, 3.8) is 0 Å². The number of piperazine rings is 1. The molecule has 3 rings (SSSR count). The molecule has 0 aliphatic carbocycles. The third-order valence-electron chi connectivity index (χ3n) is 5.65. The van der Waals surface area contributed by atoms with Crippen LogP contribution in [0.15, 0.2) is 18.2 Å². The summed E-state index contributed by atoms with van der Waals surface area (Å²) in [6.45, 7) is 7.89. The Bertz CT molecular complexity index is 686. The molecule has 2 heterocycles. The molecule has 2 saturated heterocycles. The van der Waals surface area contributed by atoms with Crippen molar-refractivity contribution in [1.29, 1.82) is 0 Å². The smallest absolute Gasteiger partial charge is 0.282 e. The lowest BCUT2D eigenvalue weighted by molar-refractivity contribution is -1.01. The van der Waals surface area contributed by atoms with Crippen LogP contribution in [0.5, 0.6) is 0 Å². The van der Waals surface area contributed by atoms with Gasteiger partial charge in [0.1, 0.15) is 26.2 Å². The molecule has 1 aromatic carbocycles. The van der Waals surface area contributed by atoms with Crippen LogP contribution in [0.4, 0.5) is 5.69 Å². The van der Waals surface area contributed by atoms with Crippen LogP contribution in [0.1, 0.15) is 19.8 Å². The molecule has 8 heteroatoms. The zero-order valence-corrected chi connectivity index (χ0v) is 17.2. The predicted molar refractivity (Wildman–Crippen MR) is 107 cm³/mol. The van der Waals surface area contributed by atoms with Gasteiger partial charge in [-0.1, -0.05) is 23.2 Å². The van der Waals surface area contributed by atoms with Crippen LogP contribution < -0.4 is 15.1 Å². The predicted octanol–water partition coefficient (Wildman–Crippen LogP) is -0.274. The zero-order valence-electron chi connectivity index (χ0n) is 15.7. The van der Waals surface area contributed by atoms with E-state index in [9.17, 15) is 9.59 Å². The monoisotopic (exact) mass is 414 g/mol. The number of carbonyl (C=O) groups excluding carboxylic acids is 2. The lowest BCUT2D eigenvalue weighted by atomic mass is 10.2. The van der Waals surface area contributed by atoms with E-state index in [-0.39, 0.29) is 17.9 Å². The Labute approximate surface area is 170 Å². The topological polar surface area (TPSA) is 58.3 Å². The van der Waals surface area contributed by atoms with Crippen LogP contribution in [0.2, 0.25) is 10.0 Å². The summed E-state index contributed by atoms with van der Waals surface area (Å²) in [5.74, 6) is 0.207. The first-order valence-electron chi connectivity index (χ1n) is 9.66. The van der Waals surface area contributed by atoms with Gasteiger partial charge in [-0.05, 0) is 38.0 Å². The van der Waals surface area contributed by atoms with E-state index >= 15 is 0 Å². The summed E-state index contributed by atoms with van der Waals surface area (Å²) >= 11 is 12.1. The number of hydrogen-bond donors (Lipinski definition) is 3. The summed E-state index contributed by atoms with van der Waals surface area (Å²) in [5.41, 5.74) is 0.542. The van der Waals surface area contributed by atoms with Crippen molar-refractivity contribution in [2.24, 2.45) is 0 Å². The molecule has 0 aromatic heterocycles. The molecule has 1 aromatic rings. The van der Waals surface area contributed by atoms with Crippen molar-refractivity contribution in [3.8, 4) is 0 Å². The molecular formula is C19H28Cl2N4O2+2. The molecule has 2 aliphatic rings. The van der Waals surface area contributed by atoms with Gasteiger partial charge in [0.15, 0.2) is 12.6 Å².